The van der Waals surface area contributed by atoms with Crippen molar-refractivity contribution in [3.63, 3.8) is 0 Å². The van der Waals surface area contributed by atoms with Crippen LogP contribution in [-0.4, -0.2) is 43.1 Å². The number of sulfonamides is 1. The number of hydrogen-bond acceptors (Lipinski definition) is 3. The molecule has 0 radical (unpaired) electrons. The maximum Gasteiger partial charge on any atom is 0.307 e. The highest BCUT2D eigenvalue weighted by molar-refractivity contribution is 7.89. The van der Waals surface area contributed by atoms with E-state index in [9.17, 15) is 13.2 Å². The van der Waals surface area contributed by atoms with Gasteiger partial charge in [-0.1, -0.05) is 26.7 Å². The summed E-state index contributed by atoms with van der Waals surface area (Å²) in [5, 5.41) is 8.69. The quantitative estimate of drug-likeness (QED) is 0.657. The van der Waals surface area contributed by atoms with Crippen molar-refractivity contribution in [2.24, 2.45) is 5.92 Å². The van der Waals surface area contributed by atoms with E-state index in [4.69, 9.17) is 5.11 Å². The second-order valence-electron chi connectivity index (χ2n) is 4.04. The van der Waals surface area contributed by atoms with Crippen LogP contribution in [0.2, 0.25) is 0 Å². The number of unbranched alkanes of at least 4 members (excludes halogenated alkanes) is 2. The molecule has 0 saturated carbocycles. The normalized spacial score (nSPS) is 14.0. The van der Waals surface area contributed by atoms with Gasteiger partial charge in [0.15, 0.2) is 0 Å². The first-order valence-electron chi connectivity index (χ1n) is 5.48. The van der Waals surface area contributed by atoms with Crippen LogP contribution in [0.4, 0.5) is 0 Å². The summed E-state index contributed by atoms with van der Waals surface area (Å²) in [6.45, 7) is 3.53. The molecule has 0 bridgehead atoms. The lowest BCUT2D eigenvalue weighted by molar-refractivity contribution is -0.141. The Morgan fingerprint density at radius 1 is 1.38 bits per heavy atom. The molecule has 0 aromatic rings. The van der Waals surface area contributed by atoms with Gasteiger partial charge < -0.3 is 5.11 Å². The molecule has 0 saturated heterocycles. The zero-order valence-corrected chi connectivity index (χ0v) is 11.0. The third-order valence-corrected chi connectivity index (χ3v) is 4.34. The first kappa shape index (κ1) is 15.4. The SMILES string of the molecule is CCCCCS(=O)(=O)N(C)CC(C)C(=O)O. The number of carboxylic acid groups (broad SMARTS) is 1. The van der Waals surface area contributed by atoms with Gasteiger partial charge in [-0.05, 0) is 6.42 Å². The molecular formula is C10H21NO4S. The monoisotopic (exact) mass is 251 g/mol. The predicted octanol–water partition coefficient (Wildman–Crippen LogP) is 1.16. The molecule has 0 aliphatic rings. The molecule has 96 valence electrons. The predicted molar refractivity (Wildman–Crippen MR) is 62.7 cm³/mol. The smallest absolute Gasteiger partial charge is 0.307 e. The highest BCUT2D eigenvalue weighted by Gasteiger charge is 2.22. The molecule has 0 amide bonds. The highest BCUT2D eigenvalue weighted by atomic mass is 32.2. The summed E-state index contributed by atoms with van der Waals surface area (Å²) >= 11 is 0. The highest BCUT2D eigenvalue weighted by Crippen LogP contribution is 2.07. The molecule has 0 aliphatic heterocycles. The summed E-state index contributed by atoms with van der Waals surface area (Å²) in [5.74, 6) is -1.55. The Morgan fingerprint density at radius 3 is 2.38 bits per heavy atom. The molecule has 0 rings (SSSR count). The number of nitrogens with zero attached hydrogens (tertiary/aromatic N) is 1. The average Bonchev–Trinajstić information content (AvgIpc) is 2.17. The second-order valence-corrected chi connectivity index (χ2v) is 6.24. The van der Waals surface area contributed by atoms with Gasteiger partial charge in [-0.3, -0.25) is 4.79 Å². The van der Waals surface area contributed by atoms with Crippen molar-refractivity contribution in [1.29, 1.82) is 0 Å². The van der Waals surface area contributed by atoms with Crippen LogP contribution < -0.4 is 0 Å². The number of rotatable bonds is 8. The van der Waals surface area contributed by atoms with Crippen molar-refractivity contribution in [3.05, 3.63) is 0 Å². The molecule has 0 fully saturated rings. The van der Waals surface area contributed by atoms with Gasteiger partial charge in [0, 0.05) is 13.6 Å². The molecule has 5 nitrogen and oxygen atoms in total. The van der Waals surface area contributed by atoms with Crippen molar-refractivity contribution in [2.75, 3.05) is 19.3 Å². The molecule has 0 aliphatic carbocycles. The van der Waals surface area contributed by atoms with Crippen LogP contribution in [0.1, 0.15) is 33.1 Å². The lowest BCUT2D eigenvalue weighted by Crippen LogP contribution is -2.35. The zero-order chi connectivity index (χ0) is 12.8. The van der Waals surface area contributed by atoms with Crippen molar-refractivity contribution in [1.82, 2.24) is 4.31 Å². The standard InChI is InChI=1S/C10H21NO4S/c1-4-5-6-7-16(14,15)11(3)8-9(2)10(12)13/h9H,4-8H2,1-3H3,(H,12,13). The Morgan fingerprint density at radius 2 is 1.94 bits per heavy atom. The van der Waals surface area contributed by atoms with Gasteiger partial charge in [0.1, 0.15) is 0 Å². The van der Waals surface area contributed by atoms with E-state index in [1.54, 1.807) is 0 Å². The molecule has 0 aromatic heterocycles. The fourth-order valence-electron chi connectivity index (χ4n) is 1.27. The minimum atomic E-state index is -3.29. The lowest BCUT2D eigenvalue weighted by atomic mass is 10.2. The van der Waals surface area contributed by atoms with E-state index in [2.05, 4.69) is 0 Å². The fourth-order valence-corrected chi connectivity index (χ4v) is 2.60. The molecule has 1 N–H and O–H groups in total. The Bertz CT molecular complexity index is 313. The van der Waals surface area contributed by atoms with Crippen LogP contribution in [0.3, 0.4) is 0 Å². The van der Waals surface area contributed by atoms with Gasteiger partial charge in [0.25, 0.3) is 0 Å². The summed E-state index contributed by atoms with van der Waals surface area (Å²) in [7, 11) is -1.86. The van der Waals surface area contributed by atoms with Gasteiger partial charge in [-0.25, -0.2) is 12.7 Å². The molecule has 6 heteroatoms. The minimum absolute atomic E-state index is 0.0315. The molecule has 0 spiro atoms. The van der Waals surface area contributed by atoms with Crippen molar-refractivity contribution in [3.8, 4) is 0 Å². The fraction of sp³-hybridized carbons (Fsp3) is 0.900. The minimum Gasteiger partial charge on any atom is -0.481 e. The first-order chi connectivity index (χ1) is 7.31. The van der Waals surface area contributed by atoms with E-state index < -0.39 is 21.9 Å². The third-order valence-electron chi connectivity index (χ3n) is 2.43. The Hall–Kier alpha value is -0.620. The Kier molecular flexibility index (Phi) is 6.59. The van der Waals surface area contributed by atoms with Crippen molar-refractivity contribution in [2.45, 2.75) is 33.1 Å². The summed E-state index contributed by atoms with van der Waals surface area (Å²) in [5.41, 5.74) is 0. The summed E-state index contributed by atoms with van der Waals surface area (Å²) in [6, 6.07) is 0. The molecule has 1 atom stereocenters. The summed E-state index contributed by atoms with van der Waals surface area (Å²) in [6.07, 6.45) is 2.47. The van der Waals surface area contributed by atoms with Crippen LogP contribution >= 0.6 is 0 Å². The average molecular weight is 251 g/mol. The molecule has 16 heavy (non-hydrogen) atoms. The number of carbonyl (C=O) groups is 1. The topological polar surface area (TPSA) is 74.7 Å². The summed E-state index contributed by atoms with van der Waals surface area (Å²) < 4.78 is 24.5. The molecule has 0 aromatic carbocycles. The summed E-state index contributed by atoms with van der Waals surface area (Å²) in [4.78, 5) is 10.6. The maximum atomic E-state index is 11.7. The van der Waals surface area contributed by atoms with E-state index >= 15 is 0 Å². The van der Waals surface area contributed by atoms with Gasteiger partial charge in [-0.2, -0.15) is 0 Å². The van der Waals surface area contributed by atoms with E-state index in [1.165, 1.54) is 14.0 Å². The van der Waals surface area contributed by atoms with Crippen LogP contribution in [0.15, 0.2) is 0 Å². The van der Waals surface area contributed by atoms with Crippen LogP contribution in [0.5, 0.6) is 0 Å². The second kappa shape index (κ2) is 6.85. The Balaban J connectivity index is 4.24. The number of aliphatic carboxylic acids is 1. The van der Waals surface area contributed by atoms with Gasteiger partial charge >= 0.3 is 5.97 Å². The van der Waals surface area contributed by atoms with Crippen molar-refractivity contribution >= 4 is 16.0 Å². The zero-order valence-electron chi connectivity index (χ0n) is 10.1. The van der Waals surface area contributed by atoms with Gasteiger partial charge in [0.2, 0.25) is 10.0 Å². The maximum absolute atomic E-state index is 11.7. The van der Waals surface area contributed by atoms with E-state index in [-0.39, 0.29) is 12.3 Å². The van der Waals surface area contributed by atoms with E-state index in [0.717, 1.165) is 17.1 Å². The molecular weight excluding hydrogens is 230 g/mol. The van der Waals surface area contributed by atoms with Crippen molar-refractivity contribution < 1.29 is 18.3 Å². The van der Waals surface area contributed by atoms with E-state index in [1.807, 2.05) is 6.92 Å². The number of carboxylic acids is 1. The first-order valence-corrected chi connectivity index (χ1v) is 7.09. The Labute approximate surface area is 97.5 Å². The van der Waals surface area contributed by atoms with E-state index in [0.29, 0.717) is 6.42 Å². The van der Waals surface area contributed by atoms with Crippen LogP contribution in [0, 0.1) is 5.92 Å². The van der Waals surface area contributed by atoms with Gasteiger partial charge in [-0.15, -0.1) is 0 Å². The van der Waals surface area contributed by atoms with Crippen LogP contribution in [0.25, 0.3) is 0 Å². The molecule has 1 unspecified atom stereocenters. The largest absolute Gasteiger partial charge is 0.481 e. The third kappa shape index (κ3) is 5.46. The van der Waals surface area contributed by atoms with Crippen LogP contribution in [-0.2, 0) is 14.8 Å². The lowest BCUT2D eigenvalue weighted by Gasteiger charge is -2.19. The van der Waals surface area contributed by atoms with Gasteiger partial charge in [0.05, 0.1) is 11.7 Å². The number of hydrogen-bond donors (Lipinski definition) is 1. The molecule has 0 heterocycles.